The maximum atomic E-state index is 12.0. The van der Waals surface area contributed by atoms with Gasteiger partial charge in [-0.2, -0.15) is 0 Å². The molecule has 1 aliphatic rings. The summed E-state index contributed by atoms with van der Waals surface area (Å²) in [6, 6.07) is 13.9. The molecule has 0 atom stereocenters. The minimum Gasteiger partial charge on any atom is -0.459 e. The molecule has 3 N–H and O–H groups in total. The number of primary amides is 1. The molecule has 0 radical (unpaired) electrons. The number of pyridine rings is 1. The molecule has 0 aliphatic heterocycles. The smallest absolute Gasteiger partial charge is 0.325 e. The van der Waals surface area contributed by atoms with Crippen LogP contribution in [-0.2, 0) is 19.7 Å². The van der Waals surface area contributed by atoms with Gasteiger partial charge < -0.3 is 15.8 Å². The van der Waals surface area contributed by atoms with Crippen LogP contribution in [0.3, 0.4) is 0 Å². The monoisotopic (exact) mass is 463 g/mol. The molecule has 0 spiro atoms. The van der Waals surface area contributed by atoms with E-state index in [1.54, 1.807) is 15.9 Å². The molecule has 3 heterocycles. The van der Waals surface area contributed by atoms with Crippen molar-refractivity contribution in [2.75, 3.05) is 11.9 Å². The first kappa shape index (κ1) is 21.4. The zero-order valence-electron chi connectivity index (χ0n) is 18.7. The first-order valence-electron chi connectivity index (χ1n) is 10.8. The topological polar surface area (TPSA) is 112 Å². The number of thiophene rings is 1. The molecule has 0 bridgehead atoms. The van der Waals surface area contributed by atoms with Gasteiger partial charge in [-0.05, 0) is 75.4 Å². The molecule has 4 aromatic rings. The molecule has 8 nitrogen and oxygen atoms in total. The fourth-order valence-corrected chi connectivity index (χ4v) is 4.88. The highest BCUT2D eigenvalue weighted by atomic mass is 32.1. The molecule has 0 saturated heterocycles. The number of aromatic nitrogens is 3. The maximum absolute atomic E-state index is 12.0. The summed E-state index contributed by atoms with van der Waals surface area (Å²) in [6.07, 6.45) is 1.38. The Bertz CT molecular complexity index is 1390. The van der Waals surface area contributed by atoms with Gasteiger partial charge >= 0.3 is 5.97 Å². The minimum atomic E-state index is -0.724. The number of nitrogens with two attached hydrogens (primary N) is 1. The number of rotatable bonds is 6. The van der Waals surface area contributed by atoms with Crippen LogP contribution in [0.15, 0.2) is 42.5 Å². The largest absolute Gasteiger partial charge is 0.459 e. The molecule has 0 unspecified atom stereocenters. The summed E-state index contributed by atoms with van der Waals surface area (Å²) in [7, 11) is 0. The van der Waals surface area contributed by atoms with E-state index >= 15 is 0 Å². The highest BCUT2D eigenvalue weighted by Gasteiger charge is 2.53. The molecule has 170 valence electrons. The van der Waals surface area contributed by atoms with Gasteiger partial charge in [0.1, 0.15) is 17.6 Å². The number of fused-ring (bicyclic) bond motifs is 2. The van der Waals surface area contributed by atoms with Gasteiger partial charge in [0.15, 0.2) is 11.5 Å². The summed E-state index contributed by atoms with van der Waals surface area (Å²) in [5.41, 5.74) is 6.81. The lowest BCUT2D eigenvalue weighted by molar-refractivity contribution is -0.152. The number of benzene rings is 1. The Morgan fingerprint density at radius 1 is 1.21 bits per heavy atom. The standard InChI is InChI=1S/C24H25N5O3S/c1-23(2,3)32-20(30)13-26-15-7-8-17-14(11-15)12-18(33-17)16-5-4-6-19-27-22(28-29(16)19)24(9-10-24)21(25)31/h4-8,11-12,26H,9-10,13H2,1-3H3,(H2,25,31). The van der Waals surface area contributed by atoms with Gasteiger partial charge in [0.05, 0.1) is 10.6 Å². The van der Waals surface area contributed by atoms with Crippen molar-refractivity contribution in [3.8, 4) is 10.6 Å². The number of nitrogens with one attached hydrogen (secondary N) is 1. The van der Waals surface area contributed by atoms with Gasteiger partial charge in [0.25, 0.3) is 0 Å². The van der Waals surface area contributed by atoms with Crippen molar-refractivity contribution in [1.29, 1.82) is 0 Å². The fourth-order valence-electron chi connectivity index (χ4n) is 3.83. The molecule has 1 fully saturated rings. The predicted octanol–water partition coefficient (Wildman–Crippen LogP) is 3.88. The minimum absolute atomic E-state index is 0.0996. The van der Waals surface area contributed by atoms with E-state index in [-0.39, 0.29) is 18.4 Å². The molecule has 9 heteroatoms. The zero-order valence-corrected chi connectivity index (χ0v) is 19.5. The molecule has 1 amide bonds. The number of hydrogen-bond acceptors (Lipinski definition) is 7. The number of esters is 1. The van der Waals surface area contributed by atoms with Crippen LogP contribution < -0.4 is 11.1 Å². The van der Waals surface area contributed by atoms with Crippen molar-refractivity contribution < 1.29 is 14.3 Å². The summed E-state index contributed by atoms with van der Waals surface area (Å²) in [4.78, 5) is 29.5. The third-order valence-electron chi connectivity index (χ3n) is 5.64. The highest BCUT2D eigenvalue weighted by Crippen LogP contribution is 2.46. The summed E-state index contributed by atoms with van der Waals surface area (Å²) in [5, 5.41) is 8.84. The van der Waals surface area contributed by atoms with E-state index in [0.29, 0.717) is 24.3 Å². The van der Waals surface area contributed by atoms with Crippen LogP contribution in [0.25, 0.3) is 26.3 Å². The zero-order chi connectivity index (χ0) is 23.4. The molecule has 5 rings (SSSR count). The van der Waals surface area contributed by atoms with Gasteiger partial charge in [-0.1, -0.05) is 6.07 Å². The molecule has 1 aromatic carbocycles. The molecule has 3 aromatic heterocycles. The molecule has 1 aliphatic carbocycles. The van der Waals surface area contributed by atoms with Crippen LogP contribution in [0.4, 0.5) is 5.69 Å². The maximum Gasteiger partial charge on any atom is 0.325 e. The third-order valence-corrected chi connectivity index (χ3v) is 6.77. The van der Waals surface area contributed by atoms with Crippen LogP contribution >= 0.6 is 11.3 Å². The lowest BCUT2D eigenvalue weighted by Gasteiger charge is -2.19. The van der Waals surface area contributed by atoms with Crippen LogP contribution in [0.1, 0.15) is 39.4 Å². The van der Waals surface area contributed by atoms with E-state index in [2.05, 4.69) is 21.5 Å². The number of carbonyl (C=O) groups is 2. The van der Waals surface area contributed by atoms with E-state index in [9.17, 15) is 9.59 Å². The average molecular weight is 464 g/mol. The Hall–Kier alpha value is -3.46. The lowest BCUT2D eigenvalue weighted by atomic mass is 10.1. The third kappa shape index (κ3) is 4.04. The van der Waals surface area contributed by atoms with E-state index in [1.807, 2.05) is 57.2 Å². The Morgan fingerprint density at radius 2 is 2.00 bits per heavy atom. The van der Waals surface area contributed by atoms with Gasteiger partial charge in [0, 0.05) is 10.4 Å². The van der Waals surface area contributed by atoms with Gasteiger partial charge in [0.2, 0.25) is 5.91 Å². The summed E-state index contributed by atoms with van der Waals surface area (Å²) < 4.78 is 8.25. The van der Waals surface area contributed by atoms with Crippen molar-refractivity contribution in [2.24, 2.45) is 5.73 Å². The summed E-state index contributed by atoms with van der Waals surface area (Å²) in [5.74, 6) is -0.169. The van der Waals surface area contributed by atoms with Crippen molar-refractivity contribution in [2.45, 2.75) is 44.6 Å². The molecular weight excluding hydrogens is 438 g/mol. The lowest BCUT2D eigenvalue weighted by Crippen LogP contribution is -2.29. The Balaban J connectivity index is 1.43. The quantitative estimate of drug-likeness (QED) is 0.420. The van der Waals surface area contributed by atoms with E-state index < -0.39 is 11.0 Å². The van der Waals surface area contributed by atoms with Crippen molar-refractivity contribution in [3.63, 3.8) is 0 Å². The Kier molecular flexibility index (Phi) is 4.89. The van der Waals surface area contributed by atoms with Crippen molar-refractivity contribution in [1.82, 2.24) is 14.6 Å². The summed E-state index contributed by atoms with van der Waals surface area (Å²) in [6.45, 7) is 5.64. The van der Waals surface area contributed by atoms with E-state index in [4.69, 9.17) is 10.5 Å². The highest BCUT2D eigenvalue weighted by molar-refractivity contribution is 7.22. The van der Waals surface area contributed by atoms with Gasteiger partial charge in [-0.15, -0.1) is 16.4 Å². The van der Waals surface area contributed by atoms with E-state index in [1.165, 1.54) is 0 Å². The Morgan fingerprint density at radius 3 is 2.70 bits per heavy atom. The number of ether oxygens (including phenoxy) is 1. The SMILES string of the molecule is CC(C)(C)OC(=O)CNc1ccc2sc(-c3cccc4nc(C5(C(N)=O)CC5)nn34)cc2c1. The average Bonchev–Trinajstić information content (AvgIpc) is 3.27. The Labute approximate surface area is 194 Å². The van der Waals surface area contributed by atoms with Crippen LogP contribution in [0.5, 0.6) is 0 Å². The number of nitrogens with zero attached hydrogens (tertiary/aromatic N) is 3. The first-order valence-corrected chi connectivity index (χ1v) is 11.6. The number of anilines is 1. The van der Waals surface area contributed by atoms with Crippen molar-refractivity contribution in [3.05, 3.63) is 48.3 Å². The van der Waals surface area contributed by atoms with Gasteiger partial charge in [-0.25, -0.2) is 9.50 Å². The molecule has 1 saturated carbocycles. The number of hydrogen-bond donors (Lipinski definition) is 2. The number of amides is 1. The van der Waals surface area contributed by atoms with Crippen LogP contribution in [0, 0.1) is 0 Å². The second-order valence-electron chi connectivity index (χ2n) is 9.37. The van der Waals surface area contributed by atoms with Gasteiger partial charge in [-0.3, -0.25) is 9.59 Å². The molecular formula is C24H25N5O3S. The second-order valence-corrected chi connectivity index (χ2v) is 10.4. The normalized spacial score (nSPS) is 15.0. The van der Waals surface area contributed by atoms with Crippen LogP contribution in [0.2, 0.25) is 0 Å². The second kappa shape index (κ2) is 7.55. The predicted molar refractivity (Wildman–Crippen MR) is 128 cm³/mol. The number of carbonyl (C=O) groups excluding carboxylic acids is 2. The fraction of sp³-hybridized carbons (Fsp3) is 0.333. The summed E-state index contributed by atoms with van der Waals surface area (Å²) >= 11 is 1.65. The van der Waals surface area contributed by atoms with Crippen molar-refractivity contribution >= 4 is 44.6 Å². The van der Waals surface area contributed by atoms with E-state index in [0.717, 1.165) is 26.3 Å². The first-order chi connectivity index (χ1) is 15.6. The van der Waals surface area contributed by atoms with Crippen LogP contribution in [-0.4, -0.2) is 38.6 Å². The molecule has 33 heavy (non-hydrogen) atoms.